The van der Waals surface area contributed by atoms with Crippen molar-refractivity contribution in [1.82, 2.24) is 10.6 Å². The van der Waals surface area contributed by atoms with Gasteiger partial charge in [-0.3, -0.25) is 9.00 Å². The highest BCUT2D eigenvalue weighted by Gasteiger charge is 2.15. The Hall–Kier alpha value is -1.20. The van der Waals surface area contributed by atoms with Crippen molar-refractivity contribution in [1.29, 1.82) is 0 Å². The van der Waals surface area contributed by atoms with E-state index < -0.39 is 10.8 Å². The van der Waals surface area contributed by atoms with Crippen molar-refractivity contribution < 1.29 is 9.00 Å². The quantitative estimate of drug-likeness (QED) is 0.847. The van der Waals surface area contributed by atoms with Gasteiger partial charge in [0.2, 0.25) is 0 Å². The Balaban J connectivity index is 2.03. The smallest absolute Gasteiger partial charge is 0.251 e. The first kappa shape index (κ1) is 13.2. The zero-order valence-corrected chi connectivity index (χ0v) is 11.5. The van der Waals surface area contributed by atoms with Crippen LogP contribution in [0.2, 0.25) is 0 Å². The van der Waals surface area contributed by atoms with E-state index >= 15 is 0 Å². The molecule has 1 amide bonds. The van der Waals surface area contributed by atoms with E-state index in [2.05, 4.69) is 10.6 Å². The van der Waals surface area contributed by atoms with Crippen molar-refractivity contribution in [3.63, 3.8) is 0 Å². The molecule has 0 bridgehead atoms. The van der Waals surface area contributed by atoms with Crippen LogP contribution in [0.1, 0.15) is 28.4 Å². The Kier molecular flexibility index (Phi) is 4.14. The van der Waals surface area contributed by atoms with Crippen LogP contribution in [0.15, 0.2) is 18.2 Å². The predicted octanol–water partition coefficient (Wildman–Crippen LogP) is 0.787. The maximum absolute atomic E-state index is 12.0. The third-order valence-corrected chi connectivity index (χ3v) is 3.93. The van der Waals surface area contributed by atoms with Crippen molar-refractivity contribution >= 4 is 16.7 Å². The van der Waals surface area contributed by atoms with Crippen LogP contribution in [0.5, 0.6) is 0 Å². The average molecular weight is 266 g/mol. The average Bonchev–Trinajstić information content (AvgIpc) is 2.74. The molecule has 2 rings (SSSR count). The molecule has 5 heteroatoms. The molecular weight excluding hydrogens is 248 g/mol. The number of fused-ring (bicyclic) bond motifs is 1. The number of hydrogen-bond acceptors (Lipinski definition) is 3. The fourth-order valence-electron chi connectivity index (χ4n) is 2.14. The monoisotopic (exact) mass is 266 g/mol. The molecule has 1 aromatic rings. The van der Waals surface area contributed by atoms with Gasteiger partial charge in [0, 0.05) is 47.5 Å². The Bertz CT molecular complexity index is 488. The summed E-state index contributed by atoms with van der Waals surface area (Å²) >= 11 is 0. The minimum Gasteiger partial charge on any atom is -0.349 e. The molecule has 2 atom stereocenters. The first-order valence-corrected chi connectivity index (χ1v) is 7.72. The van der Waals surface area contributed by atoms with Gasteiger partial charge < -0.3 is 10.6 Å². The first-order chi connectivity index (χ1) is 8.56. The molecule has 98 valence electrons. The van der Waals surface area contributed by atoms with Gasteiger partial charge in [0.25, 0.3) is 5.91 Å². The lowest BCUT2D eigenvalue weighted by atomic mass is 10.1. The second-order valence-corrected chi connectivity index (χ2v) is 6.18. The number of carbonyl (C=O) groups is 1. The zero-order chi connectivity index (χ0) is 13.1. The minimum absolute atomic E-state index is 0.0743. The standard InChI is InChI=1S/C13H18N2O2S/c1-9(8-18(2)17)15-13(16)10-3-4-11-6-14-7-12(11)5-10/h3-5,9,14H,6-8H2,1-2H3,(H,15,16). The summed E-state index contributed by atoms with van der Waals surface area (Å²) in [6, 6.07) is 5.69. The van der Waals surface area contributed by atoms with Gasteiger partial charge in [0.15, 0.2) is 0 Å². The second kappa shape index (κ2) is 5.63. The van der Waals surface area contributed by atoms with Crippen LogP contribution in [0.4, 0.5) is 0 Å². The summed E-state index contributed by atoms with van der Waals surface area (Å²) in [6.45, 7) is 3.57. The molecule has 0 aliphatic carbocycles. The lowest BCUT2D eigenvalue weighted by Crippen LogP contribution is -2.36. The summed E-state index contributed by atoms with van der Waals surface area (Å²) in [4.78, 5) is 12.0. The normalized spacial score (nSPS) is 17.0. The van der Waals surface area contributed by atoms with Crippen molar-refractivity contribution in [3.05, 3.63) is 34.9 Å². The van der Waals surface area contributed by atoms with E-state index in [0.717, 1.165) is 13.1 Å². The summed E-state index contributed by atoms with van der Waals surface area (Å²) in [5.74, 6) is 0.390. The maximum atomic E-state index is 12.0. The minimum atomic E-state index is -0.893. The highest BCUT2D eigenvalue weighted by Crippen LogP contribution is 2.17. The maximum Gasteiger partial charge on any atom is 0.251 e. The molecule has 1 heterocycles. The molecular formula is C13H18N2O2S. The van der Waals surface area contributed by atoms with Crippen LogP contribution in [-0.2, 0) is 23.9 Å². The largest absolute Gasteiger partial charge is 0.349 e. The fourth-order valence-corrected chi connectivity index (χ4v) is 2.92. The molecule has 0 spiro atoms. The number of carbonyl (C=O) groups excluding carboxylic acids is 1. The lowest BCUT2D eigenvalue weighted by Gasteiger charge is -2.12. The summed E-state index contributed by atoms with van der Waals surface area (Å²) in [5, 5.41) is 6.12. The fraction of sp³-hybridized carbons (Fsp3) is 0.462. The van der Waals surface area contributed by atoms with Crippen LogP contribution < -0.4 is 10.6 Å². The van der Waals surface area contributed by atoms with E-state index in [1.165, 1.54) is 11.1 Å². The number of rotatable bonds is 4. The first-order valence-electron chi connectivity index (χ1n) is 5.99. The van der Waals surface area contributed by atoms with Crippen LogP contribution in [0.25, 0.3) is 0 Å². The summed E-state index contributed by atoms with van der Waals surface area (Å²) < 4.78 is 11.1. The number of benzene rings is 1. The van der Waals surface area contributed by atoms with E-state index in [1.807, 2.05) is 25.1 Å². The van der Waals surface area contributed by atoms with Gasteiger partial charge in [-0.25, -0.2) is 0 Å². The van der Waals surface area contributed by atoms with Crippen molar-refractivity contribution in [2.75, 3.05) is 12.0 Å². The molecule has 0 aromatic heterocycles. The molecule has 2 N–H and O–H groups in total. The van der Waals surface area contributed by atoms with E-state index in [0.29, 0.717) is 11.3 Å². The molecule has 1 aromatic carbocycles. The van der Waals surface area contributed by atoms with Gasteiger partial charge in [-0.15, -0.1) is 0 Å². The van der Waals surface area contributed by atoms with Gasteiger partial charge in [-0.2, -0.15) is 0 Å². The Morgan fingerprint density at radius 1 is 1.44 bits per heavy atom. The van der Waals surface area contributed by atoms with Gasteiger partial charge in [0.05, 0.1) is 0 Å². The molecule has 0 saturated heterocycles. The Morgan fingerprint density at radius 3 is 2.89 bits per heavy atom. The van der Waals surface area contributed by atoms with Crippen molar-refractivity contribution in [2.45, 2.75) is 26.1 Å². The van der Waals surface area contributed by atoms with Crippen molar-refractivity contribution in [3.8, 4) is 0 Å². The number of amides is 1. The Morgan fingerprint density at radius 2 is 2.17 bits per heavy atom. The van der Waals surface area contributed by atoms with Crippen LogP contribution in [0, 0.1) is 0 Å². The zero-order valence-electron chi connectivity index (χ0n) is 10.7. The summed E-state index contributed by atoms with van der Waals surface area (Å²) in [6.07, 6.45) is 1.64. The molecule has 0 fully saturated rings. The summed E-state index contributed by atoms with van der Waals surface area (Å²) in [7, 11) is -0.893. The predicted molar refractivity (Wildman–Crippen MR) is 72.8 cm³/mol. The van der Waals surface area contributed by atoms with Gasteiger partial charge in [-0.05, 0) is 30.2 Å². The SMILES string of the molecule is CC(CS(C)=O)NC(=O)c1ccc2c(c1)CNC2. The van der Waals surface area contributed by atoms with Gasteiger partial charge in [-0.1, -0.05) is 6.07 Å². The molecule has 0 radical (unpaired) electrons. The van der Waals surface area contributed by atoms with Crippen LogP contribution in [0.3, 0.4) is 0 Å². The van der Waals surface area contributed by atoms with Crippen molar-refractivity contribution in [2.24, 2.45) is 0 Å². The number of hydrogen-bond donors (Lipinski definition) is 2. The third kappa shape index (κ3) is 3.17. The topological polar surface area (TPSA) is 58.2 Å². The number of nitrogens with one attached hydrogen (secondary N) is 2. The van der Waals surface area contributed by atoms with E-state index in [-0.39, 0.29) is 11.9 Å². The van der Waals surface area contributed by atoms with Crippen LogP contribution >= 0.6 is 0 Å². The highest BCUT2D eigenvalue weighted by molar-refractivity contribution is 7.84. The molecule has 0 saturated carbocycles. The molecule has 2 unspecified atom stereocenters. The van der Waals surface area contributed by atoms with E-state index in [1.54, 1.807) is 6.26 Å². The van der Waals surface area contributed by atoms with Crippen LogP contribution in [-0.4, -0.2) is 28.2 Å². The van der Waals surface area contributed by atoms with Gasteiger partial charge >= 0.3 is 0 Å². The lowest BCUT2D eigenvalue weighted by molar-refractivity contribution is 0.0943. The molecule has 1 aliphatic heterocycles. The Labute approximate surface area is 110 Å². The van der Waals surface area contributed by atoms with E-state index in [9.17, 15) is 9.00 Å². The molecule has 4 nitrogen and oxygen atoms in total. The summed E-state index contributed by atoms with van der Waals surface area (Å²) in [5.41, 5.74) is 3.12. The highest BCUT2D eigenvalue weighted by atomic mass is 32.2. The second-order valence-electron chi connectivity index (χ2n) is 4.70. The van der Waals surface area contributed by atoms with Gasteiger partial charge in [0.1, 0.15) is 0 Å². The molecule has 18 heavy (non-hydrogen) atoms. The molecule has 1 aliphatic rings. The third-order valence-electron chi connectivity index (χ3n) is 2.96. The van der Waals surface area contributed by atoms with E-state index in [4.69, 9.17) is 0 Å².